The number of hydrogen-bond acceptors (Lipinski definition) is 5. The monoisotopic (exact) mass is 704 g/mol. The quantitative estimate of drug-likeness (QED) is 0.182. The minimum absolute atomic E-state index is 0.515. The Bertz CT molecular complexity index is 3500. The molecule has 4 aromatic heterocycles. The van der Waals surface area contributed by atoms with Gasteiger partial charge in [-0.15, -0.1) is 0 Å². The summed E-state index contributed by atoms with van der Waals surface area (Å²) in [6.07, 6.45) is 0. The Hall–Kier alpha value is -7.57. The lowest BCUT2D eigenvalue weighted by Crippen LogP contribution is -2.01. The van der Waals surface area contributed by atoms with Crippen LogP contribution in [-0.2, 0) is 0 Å². The highest BCUT2D eigenvalue weighted by molar-refractivity contribution is 6.18. The molecule has 0 aliphatic carbocycles. The van der Waals surface area contributed by atoms with Gasteiger partial charge in [-0.25, -0.2) is 15.0 Å². The van der Waals surface area contributed by atoms with E-state index in [-0.39, 0.29) is 0 Å². The number of rotatable bonds is 4. The summed E-state index contributed by atoms with van der Waals surface area (Å²) in [6, 6.07) is 58.6. The molecule has 0 saturated heterocycles. The summed E-state index contributed by atoms with van der Waals surface area (Å²) >= 11 is 0. The molecule has 0 unspecified atom stereocenters. The Balaban J connectivity index is 1.16. The van der Waals surface area contributed by atoms with Crippen LogP contribution in [0.15, 0.2) is 179 Å². The van der Waals surface area contributed by atoms with E-state index in [0.717, 1.165) is 71.7 Å². The average molecular weight is 705 g/mol. The van der Waals surface area contributed by atoms with Gasteiger partial charge in [0.1, 0.15) is 22.3 Å². The van der Waals surface area contributed by atoms with E-state index in [9.17, 15) is 0 Å². The van der Waals surface area contributed by atoms with Crippen LogP contribution >= 0.6 is 0 Å². The highest BCUT2D eigenvalue weighted by atomic mass is 16.3. The van der Waals surface area contributed by atoms with Crippen molar-refractivity contribution in [3.63, 3.8) is 0 Å². The van der Waals surface area contributed by atoms with Crippen molar-refractivity contribution >= 4 is 76.5 Å². The van der Waals surface area contributed by atoms with E-state index < -0.39 is 0 Å². The third kappa shape index (κ3) is 4.46. The molecule has 0 fully saturated rings. The number of para-hydroxylation sites is 4. The van der Waals surface area contributed by atoms with E-state index in [2.05, 4.69) is 102 Å². The standard InChI is InChI=1S/C49H28N4O2/c1-2-13-29(14-3-1)47-50-48(36-21-12-20-34-33-18-7-10-23-42(33)54-45(34)36)52-49(51-47)37-25-26-40(44-35-19-8-11-24-43(35)55-46(37)44)53-39-22-9-6-17-32(39)38-27-30-15-4-5-16-31(30)28-41(38)53/h1-28H. The van der Waals surface area contributed by atoms with Crippen molar-refractivity contribution in [1.29, 1.82) is 0 Å². The van der Waals surface area contributed by atoms with E-state index in [1.165, 1.54) is 21.5 Å². The molecule has 0 radical (unpaired) electrons. The Morgan fingerprint density at radius 2 is 0.982 bits per heavy atom. The Morgan fingerprint density at radius 3 is 1.80 bits per heavy atom. The first-order chi connectivity index (χ1) is 27.3. The van der Waals surface area contributed by atoms with Crippen molar-refractivity contribution in [2.75, 3.05) is 0 Å². The normalized spacial score (nSPS) is 12.0. The molecule has 0 spiro atoms. The zero-order valence-electron chi connectivity index (χ0n) is 29.3. The predicted octanol–water partition coefficient (Wildman–Crippen LogP) is 12.9. The van der Waals surface area contributed by atoms with Crippen LogP contribution in [0.5, 0.6) is 0 Å². The first-order valence-electron chi connectivity index (χ1n) is 18.4. The number of furan rings is 2. The molecule has 55 heavy (non-hydrogen) atoms. The third-order valence-corrected chi connectivity index (χ3v) is 10.8. The van der Waals surface area contributed by atoms with Crippen LogP contribution in [0.1, 0.15) is 0 Å². The minimum Gasteiger partial charge on any atom is -0.455 e. The topological polar surface area (TPSA) is 69.9 Å². The Morgan fingerprint density at radius 1 is 0.382 bits per heavy atom. The van der Waals surface area contributed by atoms with Crippen LogP contribution in [0, 0.1) is 0 Å². The summed E-state index contributed by atoms with van der Waals surface area (Å²) in [5.74, 6) is 1.60. The molecule has 0 aliphatic heterocycles. The number of fused-ring (bicyclic) bond motifs is 10. The second-order valence-corrected chi connectivity index (χ2v) is 14.0. The summed E-state index contributed by atoms with van der Waals surface area (Å²) in [5, 5.41) is 8.88. The average Bonchev–Trinajstić information content (AvgIpc) is 3.93. The third-order valence-electron chi connectivity index (χ3n) is 10.8. The molecule has 12 aromatic rings. The molecule has 0 aliphatic rings. The van der Waals surface area contributed by atoms with Gasteiger partial charge in [-0.05, 0) is 59.3 Å². The van der Waals surface area contributed by atoms with Crippen LogP contribution in [0.3, 0.4) is 0 Å². The van der Waals surface area contributed by atoms with Gasteiger partial charge in [-0.1, -0.05) is 121 Å². The fourth-order valence-corrected chi connectivity index (χ4v) is 8.34. The maximum absolute atomic E-state index is 6.84. The largest absolute Gasteiger partial charge is 0.455 e. The first-order valence-corrected chi connectivity index (χ1v) is 18.4. The van der Waals surface area contributed by atoms with E-state index in [0.29, 0.717) is 23.1 Å². The highest BCUT2D eigenvalue weighted by Crippen LogP contribution is 2.43. The molecule has 6 nitrogen and oxygen atoms in total. The van der Waals surface area contributed by atoms with Crippen molar-refractivity contribution in [2.24, 2.45) is 0 Å². The Labute approximate surface area is 313 Å². The Kier molecular flexibility index (Phi) is 6.24. The molecule has 0 saturated carbocycles. The fraction of sp³-hybridized carbons (Fsp3) is 0. The second kappa shape index (κ2) is 11.5. The van der Waals surface area contributed by atoms with Gasteiger partial charge in [-0.3, -0.25) is 0 Å². The molecule has 8 aromatic carbocycles. The zero-order valence-corrected chi connectivity index (χ0v) is 29.3. The van der Waals surface area contributed by atoms with Gasteiger partial charge in [0.05, 0.1) is 33.2 Å². The molecule has 0 amide bonds. The number of benzene rings is 8. The summed E-state index contributed by atoms with van der Waals surface area (Å²) in [4.78, 5) is 15.4. The van der Waals surface area contributed by atoms with Gasteiger partial charge in [0, 0.05) is 32.5 Å². The molecule has 0 atom stereocenters. The molecule has 4 heterocycles. The fourth-order valence-electron chi connectivity index (χ4n) is 8.34. The molecule has 0 N–H and O–H groups in total. The summed E-state index contributed by atoms with van der Waals surface area (Å²) in [5.41, 5.74) is 8.80. The molecule has 256 valence electrons. The van der Waals surface area contributed by atoms with Gasteiger partial charge in [0.2, 0.25) is 0 Å². The van der Waals surface area contributed by atoms with Gasteiger partial charge in [0.25, 0.3) is 0 Å². The van der Waals surface area contributed by atoms with Gasteiger partial charge >= 0.3 is 0 Å². The summed E-state index contributed by atoms with van der Waals surface area (Å²) < 4.78 is 15.7. The summed E-state index contributed by atoms with van der Waals surface area (Å²) in [7, 11) is 0. The van der Waals surface area contributed by atoms with Crippen LogP contribution in [0.2, 0.25) is 0 Å². The van der Waals surface area contributed by atoms with E-state index in [1.54, 1.807) is 0 Å². The van der Waals surface area contributed by atoms with Crippen molar-refractivity contribution in [1.82, 2.24) is 19.5 Å². The van der Waals surface area contributed by atoms with Crippen molar-refractivity contribution < 1.29 is 8.83 Å². The SMILES string of the molecule is c1ccc(-c2nc(-c3cccc4c3oc3ccccc34)nc(-c3ccc(-n4c5ccccc5c5cc6ccccc6cc54)c4c3oc3ccccc34)n2)cc1. The van der Waals surface area contributed by atoms with Crippen molar-refractivity contribution in [3.8, 4) is 39.9 Å². The van der Waals surface area contributed by atoms with E-state index in [1.807, 2.05) is 72.8 Å². The molecule has 6 heteroatoms. The van der Waals surface area contributed by atoms with Gasteiger partial charge < -0.3 is 13.4 Å². The van der Waals surface area contributed by atoms with Gasteiger partial charge in [0.15, 0.2) is 17.5 Å². The van der Waals surface area contributed by atoms with Crippen molar-refractivity contribution in [3.05, 3.63) is 170 Å². The van der Waals surface area contributed by atoms with Crippen molar-refractivity contribution in [2.45, 2.75) is 0 Å². The number of hydrogen-bond donors (Lipinski definition) is 0. The lowest BCUT2D eigenvalue weighted by Gasteiger charge is -2.13. The minimum atomic E-state index is 0.515. The van der Waals surface area contributed by atoms with Crippen LogP contribution < -0.4 is 0 Å². The summed E-state index contributed by atoms with van der Waals surface area (Å²) in [6.45, 7) is 0. The predicted molar refractivity (Wildman–Crippen MR) is 223 cm³/mol. The van der Waals surface area contributed by atoms with E-state index in [4.69, 9.17) is 23.8 Å². The molecular formula is C49H28N4O2. The number of nitrogens with zero attached hydrogens (tertiary/aromatic N) is 4. The first kappa shape index (κ1) is 29.9. The highest BCUT2D eigenvalue weighted by Gasteiger charge is 2.24. The van der Waals surface area contributed by atoms with E-state index >= 15 is 0 Å². The number of aromatic nitrogens is 4. The zero-order chi connectivity index (χ0) is 36.0. The maximum atomic E-state index is 6.84. The maximum Gasteiger partial charge on any atom is 0.167 e. The lowest BCUT2D eigenvalue weighted by molar-refractivity contribution is 0.669. The molecular weight excluding hydrogens is 677 g/mol. The molecule has 12 rings (SSSR count). The van der Waals surface area contributed by atoms with Gasteiger partial charge in [-0.2, -0.15) is 0 Å². The van der Waals surface area contributed by atoms with Crippen LogP contribution in [0.25, 0.3) is 116 Å². The molecule has 0 bridgehead atoms. The van der Waals surface area contributed by atoms with Crippen LogP contribution in [0.4, 0.5) is 0 Å². The van der Waals surface area contributed by atoms with Crippen LogP contribution in [-0.4, -0.2) is 19.5 Å². The second-order valence-electron chi connectivity index (χ2n) is 14.0. The smallest absolute Gasteiger partial charge is 0.167 e. The lowest BCUT2D eigenvalue weighted by atomic mass is 10.0.